The van der Waals surface area contributed by atoms with Gasteiger partial charge in [-0.15, -0.1) is 10.2 Å². The van der Waals surface area contributed by atoms with Crippen molar-refractivity contribution in [2.24, 2.45) is 0 Å². The van der Waals surface area contributed by atoms with Crippen LogP contribution < -0.4 is 0 Å². The van der Waals surface area contributed by atoms with E-state index in [0.717, 1.165) is 24.0 Å². The molecule has 1 amide bonds. The van der Waals surface area contributed by atoms with Crippen LogP contribution in [0.4, 0.5) is 0 Å². The van der Waals surface area contributed by atoms with Crippen LogP contribution in [0.2, 0.25) is 0 Å². The van der Waals surface area contributed by atoms with E-state index >= 15 is 0 Å². The van der Waals surface area contributed by atoms with E-state index in [0.29, 0.717) is 31.5 Å². The molecule has 2 aromatic rings. The second-order valence-electron chi connectivity index (χ2n) is 6.88. The third-order valence-corrected chi connectivity index (χ3v) is 4.98. The normalized spacial score (nSPS) is 22.4. The van der Waals surface area contributed by atoms with Crippen LogP contribution in [0, 0.1) is 6.92 Å². The van der Waals surface area contributed by atoms with E-state index in [1.54, 1.807) is 6.92 Å². The maximum absolute atomic E-state index is 13.1. The zero-order chi connectivity index (χ0) is 16.7. The van der Waals surface area contributed by atoms with E-state index in [1.165, 1.54) is 0 Å². The number of morpholine rings is 1. The van der Waals surface area contributed by atoms with E-state index in [2.05, 4.69) is 23.2 Å². The Labute approximate surface area is 140 Å². The van der Waals surface area contributed by atoms with Crippen molar-refractivity contribution < 1.29 is 13.9 Å². The second-order valence-corrected chi connectivity index (χ2v) is 6.88. The summed E-state index contributed by atoms with van der Waals surface area (Å²) in [5.74, 6) is 1.000. The van der Waals surface area contributed by atoms with Gasteiger partial charge in [-0.25, -0.2) is 0 Å². The lowest BCUT2D eigenvalue weighted by Gasteiger charge is -2.32. The van der Waals surface area contributed by atoms with Crippen LogP contribution in [-0.4, -0.2) is 40.7 Å². The minimum Gasteiger partial charge on any atom is -0.423 e. The van der Waals surface area contributed by atoms with Gasteiger partial charge in [-0.2, -0.15) is 0 Å². The van der Waals surface area contributed by atoms with Crippen molar-refractivity contribution in [1.82, 2.24) is 15.1 Å². The molecular formula is C18H21N3O3. The second kappa shape index (κ2) is 5.70. The average molecular weight is 327 g/mol. The summed E-state index contributed by atoms with van der Waals surface area (Å²) in [6.07, 6.45) is 1.93. The predicted molar refractivity (Wildman–Crippen MR) is 86.7 cm³/mol. The molecule has 2 aliphatic rings. The topological polar surface area (TPSA) is 68.5 Å². The Hall–Kier alpha value is -2.21. The first-order valence-corrected chi connectivity index (χ1v) is 8.37. The van der Waals surface area contributed by atoms with Crippen molar-refractivity contribution in [2.75, 3.05) is 19.7 Å². The Morgan fingerprint density at radius 3 is 2.79 bits per heavy atom. The molecule has 0 bridgehead atoms. The molecule has 6 heteroatoms. The largest absolute Gasteiger partial charge is 0.423 e. The number of ether oxygens (including phenoxy) is 1. The molecule has 24 heavy (non-hydrogen) atoms. The Kier molecular flexibility index (Phi) is 3.64. The van der Waals surface area contributed by atoms with Gasteiger partial charge in [-0.3, -0.25) is 4.79 Å². The molecule has 4 rings (SSSR count). The van der Waals surface area contributed by atoms with Gasteiger partial charge in [0, 0.05) is 19.0 Å². The maximum atomic E-state index is 13.1. The summed E-state index contributed by atoms with van der Waals surface area (Å²) >= 11 is 0. The number of hydrogen-bond donors (Lipinski definition) is 0. The predicted octanol–water partition coefficient (Wildman–Crippen LogP) is 2.64. The molecule has 2 fully saturated rings. The molecule has 1 atom stereocenters. The van der Waals surface area contributed by atoms with E-state index in [-0.39, 0.29) is 17.4 Å². The third kappa shape index (κ3) is 2.71. The summed E-state index contributed by atoms with van der Waals surface area (Å²) in [4.78, 5) is 14.9. The molecule has 1 aromatic carbocycles. The molecule has 126 valence electrons. The van der Waals surface area contributed by atoms with Gasteiger partial charge in [0.05, 0.1) is 13.2 Å². The number of benzene rings is 1. The molecule has 1 unspecified atom stereocenters. The summed E-state index contributed by atoms with van der Waals surface area (Å²) < 4.78 is 11.2. The van der Waals surface area contributed by atoms with Crippen LogP contribution >= 0.6 is 0 Å². The standard InChI is InChI=1S/C18H21N3O3/c1-12-19-20-16(24-12)15-11-21(9-10-23-15)17(22)13-5-3-4-6-14(13)18(2)7-8-18/h3-6,15H,7-11H2,1-2H3. The number of carbonyl (C=O) groups is 1. The molecule has 0 spiro atoms. The Morgan fingerprint density at radius 1 is 1.29 bits per heavy atom. The molecular weight excluding hydrogens is 306 g/mol. The first-order chi connectivity index (χ1) is 11.6. The lowest BCUT2D eigenvalue weighted by atomic mass is 9.92. The Bertz CT molecular complexity index is 766. The van der Waals surface area contributed by atoms with E-state index in [9.17, 15) is 4.79 Å². The van der Waals surface area contributed by atoms with Crippen LogP contribution in [-0.2, 0) is 10.2 Å². The van der Waals surface area contributed by atoms with Gasteiger partial charge >= 0.3 is 0 Å². The number of aryl methyl sites for hydroxylation is 1. The SMILES string of the molecule is Cc1nnc(C2CN(C(=O)c3ccccc3C3(C)CC3)CCO2)o1. The van der Waals surface area contributed by atoms with Crippen LogP contribution in [0.3, 0.4) is 0 Å². The summed E-state index contributed by atoms with van der Waals surface area (Å²) in [6, 6.07) is 7.96. The summed E-state index contributed by atoms with van der Waals surface area (Å²) in [5.41, 5.74) is 2.12. The van der Waals surface area contributed by atoms with Gasteiger partial charge in [0.2, 0.25) is 11.8 Å². The number of aromatic nitrogens is 2. The number of rotatable bonds is 3. The lowest BCUT2D eigenvalue weighted by molar-refractivity contribution is -0.0349. The molecule has 0 radical (unpaired) electrons. The highest BCUT2D eigenvalue weighted by molar-refractivity contribution is 5.96. The Balaban J connectivity index is 1.56. The van der Waals surface area contributed by atoms with Gasteiger partial charge in [-0.05, 0) is 29.9 Å². The van der Waals surface area contributed by atoms with Gasteiger partial charge in [0.15, 0.2) is 6.10 Å². The first kappa shape index (κ1) is 15.3. The molecule has 1 aliphatic carbocycles. The maximum Gasteiger partial charge on any atom is 0.254 e. The van der Waals surface area contributed by atoms with Crippen LogP contribution in [0.25, 0.3) is 0 Å². The number of nitrogens with zero attached hydrogens (tertiary/aromatic N) is 3. The van der Waals surface area contributed by atoms with Crippen molar-refractivity contribution in [3.8, 4) is 0 Å². The molecule has 1 aliphatic heterocycles. The van der Waals surface area contributed by atoms with Crippen molar-refractivity contribution in [3.63, 3.8) is 0 Å². The summed E-state index contributed by atoms with van der Waals surface area (Å²) in [6.45, 7) is 5.45. The number of amides is 1. The van der Waals surface area contributed by atoms with E-state index in [1.807, 2.05) is 23.1 Å². The van der Waals surface area contributed by atoms with Crippen molar-refractivity contribution in [3.05, 3.63) is 47.2 Å². The van der Waals surface area contributed by atoms with Crippen molar-refractivity contribution in [1.29, 1.82) is 0 Å². The molecule has 0 N–H and O–H groups in total. The van der Waals surface area contributed by atoms with Crippen LogP contribution in [0.15, 0.2) is 28.7 Å². The highest BCUT2D eigenvalue weighted by atomic mass is 16.5. The van der Waals surface area contributed by atoms with Crippen molar-refractivity contribution >= 4 is 5.91 Å². The molecule has 6 nitrogen and oxygen atoms in total. The fourth-order valence-electron chi connectivity index (χ4n) is 3.25. The quantitative estimate of drug-likeness (QED) is 0.867. The van der Waals surface area contributed by atoms with Gasteiger partial charge in [-0.1, -0.05) is 25.1 Å². The van der Waals surface area contributed by atoms with E-state index in [4.69, 9.17) is 9.15 Å². The zero-order valence-electron chi connectivity index (χ0n) is 14.0. The minimum absolute atomic E-state index is 0.0586. The van der Waals surface area contributed by atoms with Gasteiger partial charge in [0.1, 0.15) is 0 Å². The summed E-state index contributed by atoms with van der Waals surface area (Å²) in [5, 5.41) is 7.87. The monoisotopic (exact) mass is 327 g/mol. The van der Waals surface area contributed by atoms with Gasteiger partial charge in [0.25, 0.3) is 5.91 Å². The van der Waals surface area contributed by atoms with Crippen LogP contribution in [0.5, 0.6) is 0 Å². The van der Waals surface area contributed by atoms with E-state index < -0.39 is 0 Å². The van der Waals surface area contributed by atoms with Gasteiger partial charge < -0.3 is 14.1 Å². The minimum atomic E-state index is -0.354. The lowest BCUT2D eigenvalue weighted by Crippen LogP contribution is -2.42. The highest BCUT2D eigenvalue weighted by Gasteiger charge is 2.42. The summed E-state index contributed by atoms with van der Waals surface area (Å²) in [7, 11) is 0. The molecule has 1 aromatic heterocycles. The number of carbonyl (C=O) groups excluding carboxylic acids is 1. The first-order valence-electron chi connectivity index (χ1n) is 8.37. The highest BCUT2D eigenvalue weighted by Crippen LogP contribution is 2.48. The van der Waals surface area contributed by atoms with Crippen molar-refractivity contribution in [2.45, 2.75) is 38.2 Å². The fraction of sp³-hybridized carbons (Fsp3) is 0.500. The fourth-order valence-corrected chi connectivity index (χ4v) is 3.25. The third-order valence-electron chi connectivity index (χ3n) is 4.98. The molecule has 2 heterocycles. The smallest absolute Gasteiger partial charge is 0.254 e. The Morgan fingerprint density at radius 2 is 2.08 bits per heavy atom. The average Bonchev–Trinajstić information content (AvgIpc) is 3.21. The molecule has 1 saturated carbocycles. The van der Waals surface area contributed by atoms with Crippen LogP contribution in [0.1, 0.15) is 53.6 Å². The molecule has 1 saturated heterocycles. The zero-order valence-corrected chi connectivity index (χ0v) is 14.0. The number of hydrogen-bond acceptors (Lipinski definition) is 5.